The fourth-order valence-corrected chi connectivity index (χ4v) is 2.11. The van der Waals surface area contributed by atoms with Crippen LogP contribution >= 0.6 is 38.5 Å². The first kappa shape index (κ1) is 13.8. The number of carbonyl (C=O) groups is 1. The molecule has 0 atom stereocenters. The van der Waals surface area contributed by atoms with Gasteiger partial charge in [0, 0.05) is 11.0 Å². The van der Waals surface area contributed by atoms with Crippen molar-refractivity contribution < 1.29 is 9.90 Å². The van der Waals surface area contributed by atoms with Gasteiger partial charge in [-0.05, 0) is 35.5 Å². The molecule has 0 aromatic heterocycles. The average molecular weight is 398 g/mol. The van der Waals surface area contributed by atoms with E-state index in [0.29, 0.717) is 12.1 Å². The van der Waals surface area contributed by atoms with E-state index in [1.807, 2.05) is 0 Å². The summed E-state index contributed by atoms with van der Waals surface area (Å²) in [5.74, 6) is -0.221. The summed E-state index contributed by atoms with van der Waals surface area (Å²) in [4.78, 5) is 11.7. The number of rotatable bonds is 5. The van der Waals surface area contributed by atoms with E-state index in [0.717, 1.165) is 21.7 Å². The van der Waals surface area contributed by atoms with Crippen LogP contribution < -0.4 is 5.32 Å². The predicted octanol–water partition coefficient (Wildman–Crippen LogP) is 3.10. The maximum absolute atomic E-state index is 11.7. The van der Waals surface area contributed by atoms with Crippen molar-refractivity contribution >= 4 is 44.4 Å². The van der Waals surface area contributed by atoms with Gasteiger partial charge in [-0.3, -0.25) is 4.79 Å². The lowest BCUT2D eigenvalue weighted by Crippen LogP contribution is -2.24. The first-order chi connectivity index (χ1) is 7.65. The zero-order chi connectivity index (χ0) is 12.0. The number of hydrogen-bond acceptors (Lipinski definition) is 2. The maximum atomic E-state index is 11.7. The highest BCUT2D eigenvalue weighted by Gasteiger charge is 2.10. The number of benzene rings is 1. The second kappa shape index (κ2) is 7.11. The molecule has 0 saturated carbocycles. The predicted molar refractivity (Wildman–Crippen MR) is 76.3 cm³/mol. The summed E-state index contributed by atoms with van der Waals surface area (Å²) >= 11 is 5.57. The molecule has 1 amide bonds. The third-order valence-electron chi connectivity index (χ3n) is 2.05. The van der Waals surface area contributed by atoms with Crippen LogP contribution in [0, 0.1) is 0 Å². The quantitative estimate of drug-likeness (QED) is 0.455. The summed E-state index contributed by atoms with van der Waals surface area (Å²) in [7, 11) is 0. The minimum Gasteiger partial charge on any atom is -0.507 e. The van der Waals surface area contributed by atoms with Crippen LogP contribution in [0.1, 0.15) is 23.2 Å². The van der Waals surface area contributed by atoms with E-state index in [9.17, 15) is 9.90 Å². The van der Waals surface area contributed by atoms with Gasteiger partial charge < -0.3 is 10.4 Å². The molecule has 3 nitrogen and oxygen atoms in total. The molecule has 0 saturated heterocycles. The van der Waals surface area contributed by atoms with Crippen molar-refractivity contribution in [2.75, 3.05) is 11.0 Å². The van der Waals surface area contributed by atoms with E-state index in [1.54, 1.807) is 12.1 Å². The highest BCUT2D eigenvalue weighted by molar-refractivity contribution is 14.1. The van der Waals surface area contributed by atoms with Crippen LogP contribution in [0.5, 0.6) is 5.75 Å². The number of phenolic OH excluding ortho intramolecular Hbond substituents is 1. The number of aromatic hydroxyl groups is 1. The van der Waals surface area contributed by atoms with E-state index >= 15 is 0 Å². The Hall–Kier alpha value is -0.300. The Morgan fingerprint density at radius 1 is 1.44 bits per heavy atom. The lowest BCUT2D eigenvalue weighted by atomic mass is 10.2. The van der Waals surface area contributed by atoms with Gasteiger partial charge >= 0.3 is 0 Å². The van der Waals surface area contributed by atoms with Gasteiger partial charge in [0.05, 0.1) is 5.56 Å². The van der Waals surface area contributed by atoms with Crippen molar-refractivity contribution in [3.63, 3.8) is 0 Å². The van der Waals surface area contributed by atoms with E-state index in [-0.39, 0.29) is 11.7 Å². The third kappa shape index (κ3) is 4.29. The summed E-state index contributed by atoms with van der Waals surface area (Å²) in [6.07, 6.45) is 2.05. The fourth-order valence-electron chi connectivity index (χ4n) is 1.21. The highest BCUT2D eigenvalue weighted by Crippen LogP contribution is 2.21. The monoisotopic (exact) mass is 397 g/mol. The van der Waals surface area contributed by atoms with Crippen molar-refractivity contribution in [2.24, 2.45) is 0 Å². The topological polar surface area (TPSA) is 49.3 Å². The van der Waals surface area contributed by atoms with Crippen LogP contribution in [-0.2, 0) is 0 Å². The second-order valence-corrected chi connectivity index (χ2v) is 5.31. The minimum atomic E-state index is -0.229. The number of amides is 1. The highest BCUT2D eigenvalue weighted by atomic mass is 127. The number of carbonyl (C=O) groups excluding carboxylic acids is 1. The molecule has 0 aliphatic heterocycles. The zero-order valence-corrected chi connectivity index (χ0v) is 12.4. The molecule has 0 fully saturated rings. The normalized spacial score (nSPS) is 10.1. The molecule has 2 N–H and O–H groups in total. The van der Waals surface area contributed by atoms with Crippen molar-refractivity contribution in [3.8, 4) is 5.75 Å². The van der Waals surface area contributed by atoms with E-state index in [1.165, 1.54) is 6.07 Å². The number of phenols is 1. The number of alkyl halides is 1. The smallest absolute Gasteiger partial charge is 0.255 e. The van der Waals surface area contributed by atoms with E-state index in [4.69, 9.17) is 0 Å². The van der Waals surface area contributed by atoms with Crippen LogP contribution in [0.25, 0.3) is 0 Å². The molecular formula is C11H13BrINO2. The molecule has 0 aliphatic carbocycles. The first-order valence-corrected chi connectivity index (χ1v) is 7.29. The zero-order valence-electron chi connectivity index (χ0n) is 8.67. The van der Waals surface area contributed by atoms with Gasteiger partial charge in [0.15, 0.2) is 0 Å². The molecule has 1 aromatic carbocycles. The molecule has 88 valence electrons. The van der Waals surface area contributed by atoms with Crippen LogP contribution in [0.15, 0.2) is 22.7 Å². The molecule has 0 radical (unpaired) electrons. The Morgan fingerprint density at radius 2 is 2.19 bits per heavy atom. The van der Waals surface area contributed by atoms with Crippen LogP contribution in [0.4, 0.5) is 0 Å². The summed E-state index contributed by atoms with van der Waals surface area (Å²) in [5, 5.41) is 12.3. The van der Waals surface area contributed by atoms with Crippen LogP contribution in [-0.4, -0.2) is 22.0 Å². The fraction of sp³-hybridized carbons (Fsp3) is 0.364. The molecule has 0 bridgehead atoms. The molecule has 1 rings (SSSR count). The van der Waals surface area contributed by atoms with Gasteiger partial charge in [-0.1, -0.05) is 38.5 Å². The maximum Gasteiger partial charge on any atom is 0.255 e. The third-order valence-corrected chi connectivity index (χ3v) is 3.31. The van der Waals surface area contributed by atoms with Crippen LogP contribution in [0.3, 0.4) is 0 Å². The molecule has 0 unspecified atom stereocenters. The molecular weight excluding hydrogens is 385 g/mol. The molecule has 5 heteroatoms. The van der Waals surface area contributed by atoms with E-state index in [2.05, 4.69) is 43.8 Å². The Balaban J connectivity index is 2.55. The van der Waals surface area contributed by atoms with Gasteiger partial charge in [0.1, 0.15) is 5.75 Å². The molecule has 0 heterocycles. The molecule has 16 heavy (non-hydrogen) atoms. The average Bonchev–Trinajstić information content (AvgIpc) is 2.27. The Kier molecular flexibility index (Phi) is 6.12. The standard InChI is InChI=1S/C11H13BrINO2/c12-8-3-4-10(15)9(7-8)11(16)14-6-2-1-5-13/h3-4,7,15H,1-2,5-6H2,(H,14,16). The minimum absolute atomic E-state index is 0.00888. The van der Waals surface area contributed by atoms with Gasteiger partial charge in [-0.25, -0.2) is 0 Å². The van der Waals surface area contributed by atoms with E-state index < -0.39 is 0 Å². The SMILES string of the molecule is O=C(NCCCCI)c1cc(Br)ccc1O. The van der Waals surface area contributed by atoms with Crippen molar-refractivity contribution in [1.29, 1.82) is 0 Å². The van der Waals surface area contributed by atoms with Crippen molar-refractivity contribution in [1.82, 2.24) is 5.32 Å². The largest absolute Gasteiger partial charge is 0.507 e. The summed E-state index contributed by atoms with van der Waals surface area (Å²) in [5.41, 5.74) is 0.309. The Bertz CT molecular complexity index is 371. The lowest BCUT2D eigenvalue weighted by Gasteiger charge is -2.06. The van der Waals surface area contributed by atoms with Gasteiger partial charge in [-0.2, -0.15) is 0 Å². The van der Waals surface area contributed by atoms with Gasteiger partial charge in [-0.15, -0.1) is 0 Å². The number of hydrogen-bond donors (Lipinski definition) is 2. The lowest BCUT2D eigenvalue weighted by molar-refractivity contribution is 0.0950. The van der Waals surface area contributed by atoms with Crippen LogP contribution in [0.2, 0.25) is 0 Å². The summed E-state index contributed by atoms with van der Waals surface area (Å²) in [6, 6.07) is 4.81. The molecule has 0 spiro atoms. The van der Waals surface area contributed by atoms with Crippen molar-refractivity contribution in [2.45, 2.75) is 12.8 Å². The molecule has 0 aliphatic rings. The Morgan fingerprint density at radius 3 is 2.88 bits per heavy atom. The number of nitrogens with one attached hydrogen (secondary N) is 1. The van der Waals surface area contributed by atoms with Gasteiger partial charge in [0.25, 0.3) is 5.91 Å². The Labute approximate surface area is 117 Å². The first-order valence-electron chi connectivity index (χ1n) is 4.98. The second-order valence-electron chi connectivity index (χ2n) is 3.31. The number of halogens is 2. The summed E-state index contributed by atoms with van der Waals surface area (Å²) < 4.78 is 1.87. The van der Waals surface area contributed by atoms with Crippen molar-refractivity contribution in [3.05, 3.63) is 28.2 Å². The summed E-state index contributed by atoms with van der Waals surface area (Å²) in [6.45, 7) is 0.647. The molecule has 1 aromatic rings. The van der Waals surface area contributed by atoms with Gasteiger partial charge in [0.2, 0.25) is 0 Å². The number of unbranched alkanes of at least 4 members (excludes halogenated alkanes) is 1.